The van der Waals surface area contributed by atoms with Crippen molar-refractivity contribution in [2.75, 3.05) is 6.54 Å². The quantitative estimate of drug-likeness (QED) is 0.862. The van der Waals surface area contributed by atoms with Gasteiger partial charge in [-0.25, -0.2) is 8.78 Å². The lowest BCUT2D eigenvalue weighted by atomic mass is 10.2. The molecule has 86 valence electrons. The van der Waals surface area contributed by atoms with Crippen LogP contribution in [0.2, 0.25) is 0 Å². The van der Waals surface area contributed by atoms with E-state index in [0.717, 1.165) is 23.8 Å². The number of nitrogens with one attached hydrogen (secondary N) is 1. The van der Waals surface area contributed by atoms with E-state index in [1.807, 2.05) is 0 Å². The highest BCUT2D eigenvalue weighted by atomic mass is 32.2. The smallest absolute Gasteiger partial charge is 0.157 e. The molecule has 0 bridgehead atoms. The maximum Gasteiger partial charge on any atom is 0.157 e. The summed E-state index contributed by atoms with van der Waals surface area (Å²) in [4.78, 5) is 4.24. The number of thioether (sulfide) groups is 1. The molecule has 0 aromatic heterocycles. The minimum Gasteiger partial charge on any atom is -0.361 e. The zero-order chi connectivity index (χ0) is 11.5. The van der Waals surface area contributed by atoms with Crippen LogP contribution in [0.4, 0.5) is 8.78 Å². The standard InChI is InChI=1S/C11H12F2N2S/c1-7-5-14-11(16-7)15-6-8-4-9(12)2-3-10(8)13/h2-4,7H,5-6H2,1H3,(H,14,15). The molecule has 0 radical (unpaired) electrons. The van der Waals surface area contributed by atoms with Crippen molar-refractivity contribution in [3.63, 3.8) is 0 Å². The zero-order valence-corrected chi connectivity index (χ0v) is 9.65. The maximum atomic E-state index is 13.3. The van der Waals surface area contributed by atoms with Gasteiger partial charge in [-0.1, -0.05) is 18.7 Å². The van der Waals surface area contributed by atoms with Crippen molar-refractivity contribution in [3.05, 3.63) is 35.4 Å². The molecule has 0 spiro atoms. The first-order valence-electron chi connectivity index (χ1n) is 5.04. The fraction of sp³-hybridized carbons (Fsp3) is 0.364. The molecule has 1 aliphatic rings. The van der Waals surface area contributed by atoms with E-state index in [2.05, 4.69) is 17.2 Å². The second kappa shape index (κ2) is 4.82. The Labute approximate surface area is 97.1 Å². The maximum absolute atomic E-state index is 13.3. The molecule has 0 amide bonds. The van der Waals surface area contributed by atoms with Crippen LogP contribution in [-0.4, -0.2) is 17.0 Å². The van der Waals surface area contributed by atoms with E-state index in [1.54, 1.807) is 11.8 Å². The summed E-state index contributed by atoms with van der Waals surface area (Å²) in [6.45, 7) is 3.12. The number of amidine groups is 1. The average Bonchev–Trinajstić information content (AvgIpc) is 2.66. The molecule has 2 rings (SSSR count). The average molecular weight is 242 g/mol. The third-order valence-corrected chi connectivity index (χ3v) is 3.29. The monoisotopic (exact) mass is 242 g/mol. The van der Waals surface area contributed by atoms with Gasteiger partial charge in [0.05, 0.1) is 6.54 Å². The van der Waals surface area contributed by atoms with Crippen LogP contribution in [0.5, 0.6) is 0 Å². The van der Waals surface area contributed by atoms with Crippen molar-refractivity contribution in [3.8, 4) is 0 Å². The lowest BCUT2D eigenvalue weighted by molar-refractivity contribution is 0.582. The summed E-state index contributed by atoms with van der Waals surface area (Å²) in [5.41, 5.74) is 0.322. The second-order valence-corrected chi connectivity index (χ2v) is 5.09. The molecular formula is C11H12F2N2S. The molecule has 16 heavy (non-hydrogen) atoms. The van der Waals surface area contributed by atoms with Crippen molar-refractivity contribution < 1.29 is 8.78 Å². The number of hydrogen-bond acceptors (Lipinski definition) is 3. The number of halogens is 2. The van der Waals surface area contributed by atoms with Crippen molar-refractivity contribution in [2.45, 2.75) is 18.7 Å². The molecule has 1 aliphatic heterocycles. The highest BCUT2D eigenvalue weighted by Gasteiger charge is 2.14. The van der Waals surface area contributed by atoms with Gasteiger partial charge in [0.1, 0.15) is 11.6 Å². The van der Waals surface area contributed by atoms with Gasteiger partial charge < -0.3 is 5.32 Å². The number of rotatable bonds is 2. The second-order valence-electron chi connectivity index (χ2n) is 3.66. The summed E-state index contributed by atoms with van der Waals surface area (Å²) in [5.74, 6) is -0.821. The van der Waals surface area contributed by atoms with Crippen LogP contribution in [0.3, 0.4) is 0 Å². The minimum absolute atomic E-state index is 0.266. The van der Waals surface area contributed by atoms with Gasteiger partial charge in [-0.2, -0.15) is 0 Å². The molecule has 1 unspecified atom stereocenters. The van der Waals surface area contributed by atoms with E-state index < -0.39 is 11.6 Å². The van der Waals surface area contributed by atoms with Gasteiger partial charge in [-0.15, -0.1) is 0 Å². The van der Waals surface area contributed by atoms with Gasteiger partial charge >= 0.3 is 0 Å². The SMILES string of the molecule is CC1CN=C(NCc2cc(F)ccc2F)S1. The highest BCUT2D eigenvalue weighted by molar-refractivity contribution is 8.14. The van der Waals surface area contributed by atoms with E-state index in [0.29, 0.717) is 10.8 Å². The number of aliphatic imine (C=N–C) groups is 1. The van der Waals surface area contributed by atoms with Crippen molar-refractivity contribution >= 4 is 16.9 Å². The van der Waals surface area contributed by atoms with Gasteiger partial charge in [0.15, 0.2) is 5.17 Å². The Morgan fingerprint density at radius 1 is 1.50 bits per heavy atom. The van der Waals surface area contributed by atoms with Crippen LogP contribution in [0.25, 0.3) is 0 Å². The molecule has 1 atom stereocenters. The van der Waals surface area contributed by atoms with Crippen LogP contribution >= 0.6 is 11.8 Å². The Morgan fingerprint density at radius 3 is 3.00 bits per heavy atom. The van der Waals surface area contributed by atoms with Crippen molar-refractivity contribution in [1.29, 1.82) is 0 Å². The summed E-state index contributed by atoms with van der Waals surface area (Å²) in [6, 6.07) is 3.45. The molecule has 1 N–H and O–H groups in total. The van der Waals surface area contributed by atoms with Gasteiger partial charge in [-0.05, 0) is 18.2 Å². The van der Waals surface area contributed by atoms with E-state index in [-0.39, 0.29) is 6.54 Å². The number of benzene rings is 1. The number of hydrogen-bond donors (Lipinski definition) is 1. The van der Waals surface area contributed by atoms with Crippen LogP contribution in [0, 0.1) is 11.6 Å². The Morgan fingerprint density at radius 2 is 2.31 bits per heavy atom. The Balaban J connectivity index is 1.97. The van der Waals surface area contributed by atoms with E-state index >= 15 is 0 Å². The van der Waals surface area contributed by atoms with Crippen LogP contribution in [0.15, 0.2) is 23.2 Å². The van der Waals surface area contributed by atoms with E-state index in [4.69, 9.17) is 0 Å². The van der Waals surface area contributed by atoms with Crippen LogP contribution < -0.4 is 5.32 Å². The zero-order valence-electron chi connectivity index (χ0n) is 8.84. The fourth-order valence-electron chi connectivity index (χ4n) is 1.42. The molecule has 1 aromatic rings. The van der Waals surface area contributed by atoms with Crippen molar-refractivity contribution in [2.24, 2.45) is 4.99 Å². The minimum atomic E-state index is -0.424. The molecule has 5 heteroatoms. The molecule has 0 fully saturated rings. The van der Waals surface area contributed by atoms with Crippen LogP contribution in [0.1, 0.15) is 12.5 Å². The van der Waals surface area contributed by atoms with Crippen molar-refractivity contribution in [1.82, 2.24) is 5.32 Å². The normalized spacial score (nSPS) is 19.7. The summed E-state index contributed by atoms with van der Waals surface area (Å²) < 4.78 is 26.1. The lowest BCUT2D eigenvalue weighted by Crippen LogP contribution is -2.19. The Kier molecular flexibility index (Phi) is 3.43. The molecule has 1 aromatic carbocycles. The molecule has 0 saturated heterocycles. The predicted octanol–water partition coefficient (Wildman–Crippen LogP) is 2.55. The fourth-order valence-corrected chi connectivity index (χ4v) is 2.26. The molecular weight excluding hydrogens is 230 g/mol. The largest absolute Gasteiger partial charge is 0.361 e. The summed E-state index contributed by atoms with van der Waals surface area (Å²) in [5, 5.41) is 4.26. The molecule has 0 saturated carbocycles. The van der Waals surface area contributed by atoms with Gasteiger partial charge in [0, 0.05) is 17.4 Å². The summed E-state index contributed by atoms with van der Waals surface area (Å²) >= 11 is 1.62. The Hall–Kier alpha value is -1.10. The summed E-state index contributed by atoms with van der Waals surface area (Å²) in [7, 11) is 0. The van der Waals surface area contributed by atoms with E-state index in [9.17, 15) is 8.78 Å². The Bertz CT molecular complexity index is 420. The molecule has 1 heterocycles. The third kappa shape index (κ3) is 2.72. The van der Waals surface area contributed by atoms with Gasteiger partial charge in [0.25, 0.3) is 0 Å². The van der Waals surface area contributed by atoms with E-state index in [1.165, 1.54) is 6.07 Å². The first-order chi connectivity index (χ1) is 7.65. The summed E-state index contributed by atoms with van der Waals surface area (Å²) in [6.07, 6.45) is 0. The van der Waals surface area contributed by atoms with Gasteiger partial charge in [-0.3, -0.25) is 4.99 Å². The predicted molar refractivity (Wildman–Crippen MR) is 62.6 cm³/mol. The molecule has 0 aliphatic carbocycles. The highest BCUT2D eigenvalue weighted by Crippen LogP contribution is 2.19. The first-order valence-corrected chi connectivity index (χ1v) is 5.92. The number of nitrogens with zero attached hydrogens (tertiary/aromatic N) is 1. The molecule has 2 nitrogen and oxygen atoms in total. The third-order valence-electron chi connectivity index (χ3n) is 2.24. The first kappa shape index (κ1) is 11.4. The van der Waals surface area contributed by atoms with Crippen LogP contribution in [-0.2, 0) is 6.54 Å². The van der Waals surface area contributed by atoms with Gasteiger partial charge in [0.2, 0.25) is 0 Å². The topological polar surface area (TPSA) is 24.4 Å². The lowest BCUT2D eigenvalue weighted by Gasteiger charge is -2.07.